The van der Waals surface area contributed by atoms with Crippen molar-refractivity contribution < 1.29 is 52.3 Å². The molecule has 2 saturated heterocycles. The van der Waals surface area contributed by atoms with Crippen molar-refractivity contribution in [1.29, 1.82) is 0 Å². The van der Waals surface area contributed by atoms with Gasteiger partial charge in [-0.15, -0.1) is 5.60 Å². The Labute approximate surface area is 567 Å². The molecule has 488 valence electrons. The second-order valence-electron chi connectivity index (χ2n) is 29.1. The molecule has 8 aromatic heterocycles. The molecule has 2 saturated carbocycles. The minimum atomic E-state index is -1.67. The summed E-state index contributed by atoms with van der Waals surface area (Å²) in [5.41, 5.74) is 9.79. The van der Waals surface area contributed by atoms with Crippen LogP contribution in [0, 0.1) is 23.7 Å². The van der Waals surface area contributed by atoms with Crippen LogP contribution in [0.1, 0.15) is 164 Å². The zero-order valence-corrected chi connectivity index (χ0v) is 61.4. The van der Waals surface area contributed by atoms with Crippen molar-refractivity contribution >= 4 is 101 Å². The van der Waals surface area contributed by atoms with Gasteiger partial charge in [-0.3, -0.25) is 0 Å². The molecule has 0 unspecified atom stereocenters. The van der Waals surface area contributed by atoms with E-state index >= 15 is 0 Å². The number of pyridine rings is 4. The first-order valence-corrected chi connectivity index (χ1v) is 39.0. The van der Waals surface area contributed by atoms with Gasteiger partial charge >= 0.3 is 29.6 Å². The molecule has 10 heterocycles. The smallest absolute Gasteiger partial charge is 0.850 e. The van der Waals surface area contributed by atoms with Gasteiger partial charge in [-0.1, -0.05) is 99.6 Å². The predicted octanol–water partition coefficient (Wildman–Crippen LogP) is 13.3. The summed E-state index contributed by atoms with van der Waals surface area (Å²) in [4.78, 5) is 39.2. The first-order chi connectivity index (χ1) is 42.5. The van der Waals surface area contributed by atoms with Crippen LogP contribution in [0.4, 0.5) is 37.9 Å². The number of aromatic nitrogens is 10. The summed E-state index contributed by atoms with van der Waals surface area (Å²) in [6, 6.07) is 12.2. The number of hydrogen-bond donors (Lipinski definition) is 2. The van der Waals surface area contributed by atoms with Gasteiger partial charge in [0.1, 0.15) is 33.3 Å². The van der Waals surface area contributed by atoms with Crippen LogP contribution in [0.5, 0.6) is 0 Å². The number of fused-ring (bicyclic) bond motifs is 6. The Hall–Kier alpha value is -4.98. The van der Waals surface area contributed by atoms with E-state index in [9.17, 15) is 13.9 Å². The van der Waals surface area contributed by atoms with Crippen molar-refractivity contribution in [2.24, 2.45) is 11.8 Å². The quantitative estimate of drug-likeness (QED) is 0.0769. The van der Waals surface area contributed by atoms with Crippen molar-refractivity contribution in [1.82, 2.24) is 49.0 Å². The van der Waals surface area contributed by atoms with Crippen LogP contribution >= 0.6 is 11.6 Å². The van der Waals surface area contributed by atoms with Crippen molar-refractivity contribution in [3.05, 3.63) is 90.6 Å². The van der Waals surface area contributed by atoms with Gasteiger partial charge < -0.3 is 43.9 Å². The summed E-state index contributed by atoms with van der Waals surface area (Å²) >= 11 is 5.86. The van der Waals surface area contributed by atoms with Crippen LogP contribution in [0.2, 0.25) is 41.4 Å². The van der Waals surface area contributed by atoms with Crippen LogP contribution in [0.15, 0.2) is 73.6 Å². The summed E-state index contributed by atoms with van der Waals surface area (Å²) in [6.07, 6.45) is 26.2. The fourth-order valence-corrected chi connectivity index (χ4v) is 14.5. The summed E-state index contributed by atoms with van der Waals surface area (Å²) in [5, 5.41) is 17.8. The molecule has 8 aromatic rings. The maximum atomic E-state index is 14.9. The number of hydrogen-bond acceptors (Lipinski definition) is 15. The third-order valence-electron chi connectivity index (χ3n) is 19.5. The number of nitrogens with two attached hydrogens (primary N) is 1. The van der Waals surface area contributed by atoms with Crippen LogP contribution in [-0.4, -0.2) is 111 Å². The number of nitrogen functional groups attached to an aromatic ring is 1. The number of anilines is 5. The molecule has 4 aliphatic rings. The summed E-state index contributed by atoms with van der Waals surface area (Å²) < 4.78 is 45.9. The Kier molecular flexibility index (Phi) is 24.2. The summed E-state index contributed by atoms with van der Waals surface area (Å²) in [5.74, 6) is 1.96. The van der Waals surface area contributed by atoms with Crippen molar-refractivity contribution in [3.8, 4) is 0 Å². The number of rotatable bonds is 14. The SMILES string of the molecule is CC(C)(C)[O-].CC(C)(C)[Si](C)(C)OCCC1CCN(c2ccc(Cl)nc2)CC1.CC(C)(C)[Si](C)(C)OCCC1CCN(c2ccc(Nc3ncc4c5ccnc(F)c5n(C5CCCC5)c4n3)nc2)CC1.Nc1ncc2c3ccnc(F)c3n(C3CCCC3)c2n1.[Na+]. The first kappa shape index (κ1) is 71.9. The van der Waals surface area contributed by atoms with Crippen molar-refractivity contribution in [3.63, 3.8) is 0 Å². The molecule has 4 fully saturated rings. The molecule has 12 rings (SSSR count). The van der Waals surface area contributed by atoms with Gasteiger partial charge in [0.15, 0.2) is 16.6 Å². The maximum Gasteiger partial charge on any atom is 1.00 e. The van der Waals surface area contributed by atoms with E-state index < -0.39 is 34.1 Å². The molecule has 2 aliphatic heterocycles. The minimum Gasteiger partial charge on any atom is -0.850 e. The Balaban J connectivity index is 0.000000183. The first-order valence-electron chi connectivity index (χ1n) is 32.8. The molecule has 0 aromatic carbocycles. The van der Waals surface area contributed by atoms with Crippen LogP contribution in [-0.2, 0) is 8.85 Å². The minimum absolute atomic E-state index is 0. The van der Waals surface area contributed by atoms with Gasteiger partial charge in [0, 0.05) is 97.8 Å². The third kappa shape index (κ3) is 18.3. The monoisotopic (exact) mass is 1310 g/mol. The Morgan fingerprint density at radius 3 is 1.38 bits per heavy atom. The number of nitrogens with zero attached hydrogens (tertiary/aromatic N) is 12. The topological polar surface area (TPSA) is 199 Å². The van der Waals surface area contributed by atoms with Gasteiger partial charge in [0.25, 0.3) is 0 Å². The molecule has 23 heteroatoms. The van der Waals surface area contributed by atoms with E-state index in [0.29, 0.717) is 38.6 Å². The van der Waals surface area contributed by atoms with E-state index in [1.54, 1.807) is 33.2 Å². The molecule has 17 nitrogen and oxygen atoms in total. The fourth-order valence-electron chi connectivity index (χ4n) is 12.2. The van der Waals surface area contributed by atoms with Crippen LogP contribution in [0.3, 0.4) is 0 Å². The summed E-state index contributed by atoms with van der Waals surface area (Å²) in [7, 11) is -3.27. The second kappa shape index (κ2) is 30.6. The molecule has 0 amide bonds. The third-order valence-corrected chi connectivity index (χ3v) is 28.8. The van der Waals surface area contributed by atoms with E-state index in [0.717, 1.165) is 142 Å². The number of halogens is 3. The molecule has 0 radical (unpaired) electrons. The fraction of sp³-hybridized carbons (Fsp3) is 0.588. The summed E-state index contributed by atoms with van der Waals surface area (Å²) in [6.45, 7) is 34.1. The zero-order valence-electron chi connectivity index (χ0n) is 56.7. The van der Waals surface area contributed by atoms with Gasteiger partial charge in [0.2, 0.25) is 23.8 Å². The van der Waals surface area contributed by atoms with Crippen LogP contribution in [0.25, 0.3) is 43.9 Å². The zero-order chi connectivity index (χ0) is 64.8. The number of piperidine rings is 2. The van der Waals surface area contributed by atoms with Gasteiger partial charge in [-0.05, 0) is 149 Å². The van der Waals surface area contributed by atoms with Gasteiger partial charge in [-0.25, -0.2) is 29.9 Å². The Morgan fingerprint density at radius 1 is 0.560 bits per heavy atom. The number of nitrogens with one attached hydrogen (secondary N) is 1. The second-order valence-corrected chi connectivity index (χ2v) is 39.1. The van der Waals surface area contributed by atoms with E-state index in [2.05, 4.69) is 130 Å². The molecule has 0 bridgehead atoms. The molecular formula is C68H98ClF2N14NaO3Si2. The Morgan fingerprint density at radius 2 is 0.978 bits per heavy atom. The largest absolute Gasteiger partial charge is 1.00 e. The van der Waals surface area contributed by atoms with E-state index in [1.165, 1.54) is 50.2 Å². The molecular weight excluding hydrogens is 1210 g/mol. The molecule has 0 atom stereocenters. The predicted molar refractivity (Wildman–Crippen MR) is 367 cm³/mol. The normalized spacial score (nSPS) is 16.8. The van der Waals surface area contributed by atoms with Crippen molar-refractivity contribution in [2.75, 3.05) is 60.2 Å². The van der Waals surface area contributed by atoms with Crippen LogP contribution < -0.4 is 55.5 Å². The average Bonchev–Trinajstić information content (AvgIpc) is 1.60. The van der Waals surface area contributed by atoms with E-state index in [-0.39, 0.29) is 52.6 Å². The molecule has 2 aliphatic carbocycles. The van der Waals surface area contributed by atoms with E-state index in [4.69, 9.17) is 31.2 Å². The average molecular weight is 1310 g/mol. The van der Waals surface area contributed by atoms with Gasteiger partial charge in [0.05, 0.1) is 23.8 Å². The van der Waals surface area contributed by atoms with Crippen molar-refractivity contribution in [2.45, 2.75) is 206 Å². The molecule has 91 heavy (non-hydrogen) atoms. The van der Waals surface area contributed by atoms with E-state index in [1.807, 2.05) is 45.8 Å². The molecule has 3 N–H and O–H groups in total. The van der Waals surface area contributed by atoms with Gasteiger partial charge in [-0.2, -0.15) is 18.7 Å². The molecule has 0 spiro atoms. The Bertz CT molecular complexity index is 3640. The maximum absolute atomic E-state index is 14.9. The standard InChI is InChI=1S/C32H44FN7OSi.C18H31ClN2OSi.C14H14FN5.C4H9O.Na/c1-32(2,3)42(4,5)41-19-15-22-13-17-39(18-14-22)24-10-11-27(35-20-24)37-31-36-21-26-25-12-16-34-29(33)28(25)40(30(26)38-31)23-8-6-7-9-23;1-18(2,3)23(4,5)22-13-10-15-8-11-21(12-9-15)16-6-7-17(19)20-14-16;15-12-11-9(5-6-17-12)10-7-18-14(16)19-13(10)20(11)8-3-1-2-4-8;1-4(2,3)5;/h10-12,16,20-23H,6-9,13-15,17-19H2,1-5H3,(H,35,36,37,38);6-7,14-15H,8-13H2,1-5H3;5-8H,1-4H2,(H2,16,18,19);1-3H3;/q;;;-1;+1.